The van der Waals surface area contributed by atoms with E-state index in [9.17, 15) is 24.0 Å². The first kappa shape index (κ1) is 23.3. The minimum Gasteiger partial charge on any atom is -0.465 e. The minimum atomic E-state index is -0.696. The van der Waals surface area contributed by atoms with Gasteiger partial charge in [-0.2, -0.15) is 0 Å². The molecule has 0 aromatic heterocycles. The van der Waals surface area contributed by atoms with Crippen LogP contribution in [0.5, 0.6) is 0 Å². The van der Waals surface area contributed by atoms with Gasteiger partial charge in [0.05, 0.1) is 19.1 Å². The first-order valence-electron chi connectivity index (χ1n) is 9.33. The van der Waals surface area contributed by atoms with Gasteiger partial charge in [0.15, 0.2) is 12.4 Å². The fourth-order valence-electron chi connectivity index (χ4n) is 2.45. The van der Waals surface area contributed by atoms with Crippen molar-refractivity contribution < 1.29 is 33.4 Å². The maximum atomic E-state index is 11.9. The van der Waals surface area contributed by atoms with Gasteiger partial charge in [-0.25, -0.2) is 4.79 Å². The molecule has 0 aliphatic carbocycles. The van der Waals surface area contributed by atoms with E-state index in [1.165, 1.54) is 38.3 Å². The predicted octanol–water partition coefficient (Wildman–Crippen LogP) is 2.58. The number of rotatable bonds is 9. The molecular formula is C22H22N2O7. The van der Waals surface area contributed by atoms with E-state index >= 15 is 0 Å². The summed E-state index contributed by atoms with van der Waals surface area (Å²) in [5, 5.41) is 5.13. The second-order valence-electron chi connectivity index (χ2n) is 6.46. The molecule has 2 aromatic rings. The van der Waals surface area contributed by atoms with E-state index < -0.39 is 30.4 Å². The van der Waals surface area contributed by atoms with Crippen LogP contribution in [0.2, 0.25) is 0 Å². The molecule has 2 amide bonds. The topological polar surface area (TPSA) is 128 Å². The number of ether oxygens (including phenoxy) is 2. The van der Waals surface area contributed by atoms with Gasteiger partial charge in [0.2, 0.25) is 5.91 Å². The monoisotopic (exact) mass is 426 g/mol. The zero-order chi connectivity index (χ0) is 22.8. The number of Topliss-reactive ketones (excluding diaryl/α,β-unsaturated/α-hetero) is 1. The zero-order valence-electron chi connectivity index (χ0n) is 17.1. The highest BCUT2D eigenvalue weighted by Crippen LogP contribution is 2.12. The van der Waals surface area contributed by atoms with Gasteiger partial charge < -0.3 is 20.1 Å². The maximum absolute atomic E-state index is 11.9. The molecule has 31 heavy (non-hydrogen) atoms. The lowest BCUT2D eigenvalue weighted by molar-refractivity contribution is -0.147. The summed E-state index contributed by atoms with van der Waals surface area (Å²) in [4.78, 5) is 58.1. The molecule has 0 saturated carbocycles. The van der Waals surface area contributed by atoms with E-state index in [0.29, 0.717) is 22.5 Å². The second-order valence-corrected chi connectivity index (χ2v) is 6.46. The molecule has 0 radical (unpaired) electrons. The number of nitrogens with one attached hydrogen (secondary N) is 2. The van der Waals surface area contributed by atoms with Crippen LogP contribution in [-0.4, -0.2) is 43.3 Å². The highest BCUT2D eigenvalue weighted by Gasteiger charge is 2.12. The third-order valence-corrected chi connectivity index (χ3v) is 4.09. The molecule has 0 atom stereocenters. The van der Waals surface area contributed by atoms with E-state index in [2.05, 4.69) is 15.4 Å². The number of amides is 2. The van der Waals surface area contributed by atoms with Gasteiger partial charge in [0.25, 0.3) is 5.91 Å². The van der Waals surface area contributed by atoms with E-state index in [1.54, 1.807) is 24.3 Å². The van der Waals surface area contributed by atoms with Crippen molar-refractivity contribution in [2.45, 2.75) is 19.8 Å². The molecule has 0 heterocycles. The Balaban J connectivity index is 1.69. The molecule has 0 aliphatic heterocycles. The third-order valence-electron chi connectivity index (χ3n) is 4.09. The predicted molar refractivity (Wildman–Crippen MR) is 112 cm³/mol. The fraction of sp³-hybridized carbons (Fsp3) is 0.227. The van der Waals surface area contributed by atoms with Crippen molar-refractivity contribution in [1.29, 1.82) is 0 Å². The molecule has 0 saturated heterocycles. The molecule has 2 aromatic carbocycles. The van der Waals surface area contributed by atoms with Gasteiger partial charge >= 0.3 is 11.9 Å². The van der Waals surface area contributed by atoms with Gasteiger partial charge in [-0.15, -0.1) is 0 Å². The lowest BCUT2D eigenvalue weighted by Crippen LogP contribution is -2.21. The van der Waals surface area contributed by atoms with Gasteiger partial charge in [0.1, 0.15) is 0 Å². The quantitative estimate of drug-likeness (QED) is 0.466. The van der Waals surface area contributed by atoms with Gasteiger partial charge in [-0.1, -0.05) is 0 Å². The summed E-state index contributed by atoms with van der Waals surface area (Å²) in [7, 11) is 1.27. The highest BCUT2D eigenvalue weighted by molar-refractivity contribution is 5.97. The standard InChI is InChI=1S/C22H22N2O7/c1-14(25)15-3-7-17(8-4-15)23-19(26)11-12-21(28)31-13-20(27)24-18-9-5-16(6-10-18)22(29)30-2/h3-10H,11-13H2,1-2H3,(H,23,26)(H,24,27). The summed E-state index contributed by atoms with van der Waals surface area (Å²) in [5.41, 5.74) is 1.78. The fourth-order valence-corrected chi connectivity index (χ4v) is 2.45. The summed E-state index contributed by atoms with van der Waals surface area (Å²) >= 11 is 0. The molecule has 9 heteroatoms. The van der Waals surface area contributed by atoms with Crippen LogP contribution >= 0.6 is 0 Å². The minimum absolute atomic E-state index is 0.0807. The lowest BCUT2D eigenvalue weighted by Gasteiger charge is -2.08. The largest absolute Gasteiger partial charge is 0.465 e. The van der Waals surface area contributed by atoms with Crippen LogP contribution in [0, 0.1) is 0 Å². The smallest absolute Gasteiger partial charge is 0.337 e. The molecule has 0 aliphatic rings. The molecular weight excluding hydrogens is 404 g/mol. The van der Waals surface area contributed by atoms with Crippen molar-refractivity contribution in [2.24, 2.45) is 0 Å². The van der Waals surface area contributed by atoms with Crippen LogP contribution in [0.1, 0.15) is 40.5 Å². The Morgan fingerprint density at radius 1 is 0.742 bits per heavy atom. The average molecular weight is 426 g/mol. The van der Waals surface area contributed by atoms with Crippen LogP contribution in [0.25, 0.3) is 0 Å². The number of hydrogen-bond donors (Lipinski definition) is 2. The second kappa shape index (κ2) is 11.2. The molecule has 162 valence electrons. The molecule has 0 unspecified atom stereocenters. The number of carbonyl (C=O) groups is 5. The van der Waals surface area contributed by atoms with Crippen LogP contribution in [0.3, 0.4) is 0 Å². The van der Waals surface area contributed by atoms with E-state index in [4.69, 9.17) is 4.74 Å². The number of carbonyl (C=O) groups excluding carboxylic acids is 5. The number of esters is 2. The SMILES string of the molecule is COC(=O)c1ccc(NC(=O)COC(=O)CCC(=O)Nc2ccc(C(C)=O)cc2)cc1. The van der Waals surface area contributed by atoms with Crippen LogP contribution in [0.4, 0.5) is 11.4 Å². The van der Waals surface area contributed by atoms with Gasteiger partial charge in [-0.05, 0) is 55.5 Å². The Morgan fingerprint density at radius 2 is 1.26 bits per heavy atom. The summed E-state index contributed by atoms with van der Waals surface area (Å²) < 4.78 is 9.44. The van der Waals surface area contributed by atoms with E-state index in [1.807, 2.05) is 0 Å². The van der Waals surface area contributed by atoms with Crippen molar-refractivity contribution in [3.8, 4) is 0 Å². The summed E-state index contributed by atoms with van der Waals surface area (Å²) in [5.74, 6) is -2.23. The molecule has 9 nitrogen and oxygen atoms in total. The number of methoxy groups -OCH3 is 1. The average Bonchev–Trinajstić information content (AvgIpc) is 2.76. The normalized spacial score (nSPS) is 10.0. The van der Waals surface area contributed by atoms with E-state index in [-0.39, 0.29) is 18.6 Å². The molecule has 2 rings (SSSR count). The Labute approximate surface area is 178 Å². The molecule has 2 N–H and O–H groups in total. The summed E-state index contributed by atoms with van der Waals surface area (Å²) in [6, 6.07) is 12.4. The molecule has 0 spiro atoms. The highest BCUT2D eigenvalue weighted by atomic mass is 16.5. The van der Waals surface area contributed by atoms with E-state index in [0.717, 1.165) is 0 Å². The maximum Gasteiger partial charge on any atom is 0.337 e. The number of hydrogen-bond acceptors (Lipinski definition) is 7. The Kier molecular flexibility index (Phi) is 8.44. The van der Waals surface area contributed by atoms with Crippen molar-refractivity contribution >= 4 is 40.9 Å². The number of ketones is 1. The first-order chi connectivity index (χ1) is 14.8. The molecule has 0 fully saturated rings. The van der Waals surface area contributed by atoms with Gasteiger partial charge in [0, 0.05) is 23.4 Å². The van der Waals surface area contributed by atoms with Crippen LogP contribution in [0.15, 0.2) is 48.5 Å². The van der Waals surface area contributed by atoms with Crippen molar-refractivity contribution in [2.75, 3.05) is 24.4 Å². The van der Waals surface area contributed by atoms with Crippen molar-refractivity contribution in [3.63, 3.8) is 0 Å². The lowest BCUT2D eigenvalue weighted by atomic mass is 10.1. The van der Waals surface area contributed by atoms with Crippen LogP contribution in [-0.2, 0) is 23.9 Å². The number of benzene rings is 2. The number of anilines is 2. The summed E-state index contributed by atoms with van der Waals surface area (Å²) in [6.07, 6.45) is -0.317. The van der Waals surface area contributed by atoms with Gasteiger partial charge in [-0.3, -0.25) is 19.2 Å². The van der Waals surface area contributed by atoms with Crippen LogP contribution < -0.4 is 10.6 Å². The van der Waals surface area contributed by atoms with Crippen molar-refractivity contribution in [3.05, 3.63) is 59.7 Å². The van der Waals surface area contributed by atoms with Crippen molar-refractivity contribution in [1.82, 2.24) is 0 Å². The molecule has 0 bridgehead atoms. The Bertz CT molecular complexity index is 966. The third kappa shape index (κ3) is 7.73. The first-order valence-corrected chi connectivity index (χ1v) is 9.33. The zero-order valence-corrected chi connectivity index (χ0v) is 17.1. The summed E-state index contributed by atoms with van der Waals surface area (Å²) in [6.45, 7) is 0.936. The Morgan fingerprint density at radius 3 is 1.77 bits per heavy atom. The Hall–Kier alpha value is -4.01.